The molecular formula is C21H25BrNO+. The van der Waals surface area contributed by atoms with Gasteiger partial charge in [-0.15, -0.1) is 0 Å². The van der Waals surface area contributed by atoms with E-state index in [-0.39, 0.29) is 0 Å². The number of nitrogens with one attached hydrogen (secondary N) is 1. The van der Waals surface area contributed by atoms with Crippen LogP contribution in [0.3, 0.4) is 0 Å². The van der Waals surface area contributed by atoms with Crippen molar-refractivity contribution in [1.82, 2.24) is 0 Å². The fourth-order valence-electron chi connectivity index (χ4n) is 2.69. The van der Waals surface area contributed by atoms with Gasteiger partial charge in [-0.1, -0.05) is 64.3 Å². The highest BCUT2D eigenvalue weighted by Gasteiger charge is 2.30. The van der Waals surface area contributed by atoms with Crippen LogP contribution in [0, 0.1) is 11.8 Å². The zero-order valence-electron chi connectivity index (χ0n) is 14.3. The minimum Gasteiger partial charge on any atom is -0.379 e. The number of benzene rings is 2. The van der Waals surface area contributed by atoms with E-state index in [1.807, 2.05) is 54.6 Å². The Morgan fingerprint density at radius 1 is 0.917 bits per heavy atom. The highest BCUT2D eigenvalue weighted by molar-refractivity contribution is 9.10. The Morgan fingerprint density at radius 2 is 1.50 bits per heavy atom. The van der Waals surface area contributed by atoms with Crippen molar-refractivity contribution in [3.8, 4) is 11.8 Å². The van der Waals surface area contributed by atoms with E-state index in [4.69, 9.17) is 0 Å². The van der Waals surface area contributed by atoms with Crippen LogP contribution in [-0.2, 0) is 5.60 Å². The minimum absolute atomic E-state index is 0.388. The van der Waals surface area contributed by atoms with Crippen LogP contribution in [0.2, 0.25) is 0 Å². The van der Waals surface area contributed by atoms with Gasteiger partial charge in [-0.3, -0.25) is 0 Å². The van der Waals surface area contributed by atoms with E-state index in [1.165, 1.54) is 4.90 Å². The third kappa shape index (κ3) is 4.70. The van der Waals surface area contributed by atoms with Gasteiger partial charge in [0.15, 0.2) is 0 Å². The molecule has 3 heteroatoms. The molecule has 0 aliphatic carbocycles. The van der Waals surface area contributed by atoms with Gasteiger partial charge in [0.05, 0.1) is 13.1 Å². The van der Waals surface area contributed by atoms with E-state index in [0.29, 0.717) is 6.42 Å². The molecule has 0 saturated heterocycles. The van der Waals surface area contributed by atoms with Crippen LogP contribution in [-0.4, -0.2) is 24.7 Å². The van der Waals surface area contributed by atoms with Gasteiger partial charge in [0.1, 0.15) is 12.1 Å². The Bertz CT molecular complexity index is 683. The molecule has 0 saturated carbocycles. The normalized spacial score (nSPS) is 13.2. The average Bonchev–Trinajstić information content (AvgIpc) is 2.63. The van der Waals surface area contributed by atoms with Crippen LogP contribution in [0.4, 0.5) is 0 Å². The van der Waals surface area contributed by atoms with Gasteiger partial charge in [-0.25, -0.2) is 0 Å². The lowest BCUT2D eigenvalue weighted by atomic mass is 9.84. The van der Waals surface area contributed by atoms with Crippen molar-refractivity contribution in [2.45, 2.75) is 25.9 Å². The van der Waals surface area contributed by atoms with Crippen molar-refractivity contribution in [3.63, 3.8) is 0 Å². The molecule has 2 nitrogen and oxygen atoms in total. The first-order chi connectivity index (χ1) is 11.6. The smallest absolute Gasteiger partial charge is 0.139 e. The molecule has 0 bridgehead atoms. The third-order valence-electron chi connectivity index (χ3n) is 4.38. The Balaban J connectivity index is 2.27. The summed E-state index contributed by atoms with van der Waals surface area (Å²) in [6.07, 6.45) is 0.388. The van der Waals surface area contributed by atoms with E-state index in [2.05, 4.69) is 41.6 Å². The molecule has 0 heterocycles. The molecule has 0 aromatic heterocycles. The molecule has 0 unspecified atom stereocenters. The second-order valence-electron chi connectivity index (χ2n) is 5.90. The van der Waals surface area contributed by atoms with Crippen LogP contribution in [0.1, 0.15) is 31.4 Å². The molecule has 126 valence electrons. The Hall–Kier alpha value is -1.60. The molecule has 0 amide bonds. The maximum absolute atomic E-state index is 11.4. The topological polar surface area (TPSA) is 24.7 Å². The lowest BCUT2D eigenvalue weighted by Gasteiger charge is -2.27. The van der Waals surface area contributed by atoms with Gasteiger partial charge < -0.3 is 10.0 Å². The van der Waals surface area contributed by atoms with Gasteiger partial charge >= 0.3 is 0 Å². The first kappa shape index (κ1) is 18.7. The van der Waals surface area contributed by atoms with Crippen molar-refractivity contribution in [2.75, 3.05) is 19.6 Å². The predicted octanol–water partition coefficient (Wildman–Crippen LogP) is 3.00. The predicted molar refractivity (Wildman–Crippen MR) is 103 cm³/mol. The molecule has 2 aromatic rings. The largest absolute Gasteiger partial charge is 0.379 e. The van der Waals surface area contributed by atoms with Crippen molar-refractivity contribution in [1.29, 1.82) is 0 Å². The summed E-state index contributed by atoms with van der Waals surface area (Å²) in [5.41, 5.74) is 0.645. The Morgan fingerprint density at radius 3 is 2.08 bits per heavy atom. The molecule has 0 radical (unpaired) electrons. The number of halogens is 1. The summed E-state index contributed by atoms with van der Waals surface area (Å²) in [7, 11) is 0. The number of hydrogen-bond donors (Lipinski definition) is 2. The molecule has 0 aliphatic rings. The van der Waals surface area contributed by atoms with Crippen molar-refractivity contribution >= 4 is 15.9 Å². The van der Waals surface area contributed by atoms with Gasteiger partial charge in [0.2, 0.25) is 0 Å². The van der Waals surface area contributed by atoms with Crippen molar-refractivity contribution in [3.05, 3.63) is 70.2 Å². The van der Waals surface area contributed by atoms with Gasteiger partial charge in [0, 0.05) is 10.9 Å². The lowest BCUT2D eigenvalue weighted by Crippen LogP contribution is -3.11. The van der Waals surface area contributed by atoms with E-state index in [0.717, 1.165) is 35.2 Å². The van der Waals surface area contributed by atoms with Gasteiger partial charge in [-0.05, 0) is 43.0 Å². The van der Waals surface area contributed by atoms with Crippen LogP contribution in [0.25, 0.3) is 0 Å². The van der Waals surface area contributed by atoms with E-state index in [9.17, 15) is 5.11 Å². The quantitative estimate of drug-likeness (QED) is 0.732. The first-order valence-electron chi connectivity index (χ1n) is 8.43. The summed E-state index contributed by atoms with van der Waals surface area (Å²) >= 11 is 3.45. The Labute approximate surface area is 153 Å². The second kappa shape index (κ2) is 9.03. The standard InChI is InChI=1S/C21H24BrNO/c1-3-23(4-2)17-9-8-16-21(24,18-10-6-5-7-11-18)19-12-14-20(22)15-13-19/h5-7,10-15,24H,3-4,16-17H2,1-2H3/p+1/t21-/m0/s1. The maximum atomic E-state index is 11.4. The van der Waals surface area contributed by atoms with E-state index < -0.39 is 5.60 Å². The third-order valence-corrected chi connectivity index (χ3v) is 4.91. The number of rotatable bonds is 6. The molecule has 2 aromatic carbocycles. The van der Waals surface area contributed by atoms with Crippen LogP contribution < -0.4 is 4.90 Å². The molecule has 0 fully saturated rings. The monoisotopic (exact) mass is 386 g/mol. The number of hydrogen-bond acceptors (Lipinski definition) is 1. The molecule has 24 heavy (non-hydrogen) atoms. The zero-order valence-corrected chi connectivity index (χ0v) is 15.9. The molecule has 1 atom stereocenters. The van der Waals surface area contributed by atoms with Crippen LogP contribution >= 0.6 is 15.9 Å². The average molecular weight is 387 g/mol. The molecule has 2 N–H and O–H groups in total. The van der Waals surface area contributed by atoms with Gasteiger partial charge in [0.25, 0.3) is 0 Å². The first-order valence-corrected chi connectivity index (χ1v) is 9.22. The second-order valence-corrected chi connectivity index (χ2v) is 6.81. The summed E-state index contributed by atoms with van der Waals surface area (Å²) in [6, 6.07) is 17.6. The van der Waals surface area contributed by atoms with Crippen LogP contribution in [0.5, 0.6) is 0 Å². The van der Waals surface area contributed by atoms with E-state index >= 15 is 0 Å². The fraction of sp³-hybridized carbons (Fsp3) is 0.333. The summed E-state index contributed by atoms with van der Waals surface area (Å²) in [5, 5.41) is 11.4. The highest BCUT2D eigenvalue weighted by atomic mass is 79.9. The van der Waals surface area contributed by atoms with Crippen molar-refractivity contribution in [2.24, 2.45) is 0 Å². The lowest BCUT2D eigenvalue weighted by molar-refractivity contribution is -0.889. The summed E-state index contributed by atoms with van der Waals surface area (Å²) in [5.74, 6) is 6.44. The molecule has 2 rings (SSSR count). The SMILES string of the molecule is CC[NH+](CC)CC#CC[C@](O)(c1ccccc1)c1ccc(Br)cc1. The maximum Gasteiger partial charge on any atom is 0.139 e. The van der Waals surface area contributed by atoms with Crippen molar-refractivity contribution < 1.29 is 10.0 Å². The molecule has 0 spiro atoms. The number of quaternary nitrogens is 1. The molecular weight excluding hydrogens is 362 g/mol. The zero-order chi connectivity index (χ0) is 17.4. The molecule has 0 aliphatic heterocycles. The van der Waals surface area contributed by atoms with Gasteiger partial charge in [-0.2, -0.15) is 0 Å². The fourth-order valence-corrected chi connectivity index (χ4v) is 2.95. The summed E-state index contributed by atoms with van der Waals surface area (Å²) < 4.78 is 0.998. The van der Waals surface area contributed by atoms with Crippen LogP contribution in [0.15, 0.2) is 59.1 Å². The Kier molecular flexibility index (Phi) is 7.05. The summed E-state index contributed by atoms with van der Waals surface area (Å²) in [6.45, 7) is 7.30. The summed E-state index contributed by atoms with van der Waals surface area (Å²) in [4.78, 5) is 1.45. The number of aliphatic hydroxyl groups is 1. The minimum atomic E-state index is -1.09. The highest BCUT2D eigenvalue weighted by Crippen LogP contribution is 2.33. The van der Waals surface area contributed by atoms with E-state index in [1.54, 1.807) is 0 Å².